The second-order valence-corrected chi connectivity index (χ2v) is 7.79. The largest absolute Gasteiger partial charge is 0.493 e. The number of carbonyl (C=O) groups excluding carboxylic acids is 1. The van der Waals surface area contributed by atoms with Crippen LogP contribution in [-0.4, -0.2) is 24.7 Å². The Morgan fingerprint density at radius 3 is 2.42 bits per heavy atom. The van der Waals surface area contributed by atoms with Crippen LogP contribution in [0.4, 0.5) is 5.69 Å². The van der Waals surface area contributed by atoms with Crippen LogP contribution < -0.4 is 10.1 Å². The molecular weight excluding hydrogens is 326 g/mol. The van der Waals surface area contributed by atoms with Gasteiger partial charge in [-0.1, -0.05) is 27.2 Å². The number of aryl methyl sites for hydroxylation is 2. The van der Waals surface area contributed by atoms with Crippen LogP contribution in [0.2, 0.25) is 0 Å². The van der Waals surface area contributed by atoms with Gasteiger partial charge in [-0.15, -0.1) is 0 Å². The number of benzene rings is 1. The molecule has 0 bridgehead atoms. The molecule has 146 valence electrons. The monoisotopic (exact) mass is 361 g/mol. The fourth-order valence-corrected chi connectivity index (χ4v) is 3.90. The molecule has 4 nitrogen and oxygen atoms in total. The average molecular weight is 362 g/mol. The number of ether oxygens (including phenoxy) is 2. The molecule has 1 N–H and O–H groups in total. The van der Waals surface area contributed by atoms with E-state index in [-0.39, 0.29) is 5.91 Å². The Balaban J connectivity index is 2.18. The molecule has 0 saturated heterocycles. The van der Waals surface area contributed by atoms with Crippen LogP contribution in [0.5, 0.6) is 5.75 Å². The van der Waals surface area contributed by atoms with Crippen molar-refractivity contribution < 1.29 is 14.3 Å². The van der Waals surface area contributed by atoms with Crippen molar-refractivity contribution in [2.75, 3.05) is 18.5 Å². The first-order valence-corrected chi connectivity index (χ1v) is 10.1. The second kappa shape index (κ2) is 9.40. The summed E-state index contributed by atoms with van der Waals surface area (Å²) in [5.41, 5.74) is 2.24. The smallest absolute Gasteiger partial charge is 0.256 e. The molecule has 1 aliphatic rings. The molecule has 2 rings (SSSR count). The van der Waals surface area contributed by atoms with Gasteiger partial charge in [0.25, 0.3) is 5.91 Å². The summed E-state index contributed by atoms with van der Waals surface area (Å²) in [5.74, 6) is 1.44. The third kappa shape index (κ3) is 5.00. The number of carbonyl (C=O) groups is 1. The lowest BCUT2D eigenvalue weighted by Gasteiger charge is -2.38. The molecule has 1 saturated carbocycles. The summed E-state index contributed by atoms with van der Waals surface area (Å²) in [6, 6.07) is 3.99. The third-order valence-electron chi connectivity index (χ3n) is 5.12. The maximum atomic E-state index is 13.2. The lowest BCUT2D eigenvalue weighted by Crippen LogP contribution is -2.48. The van der Waals surface area contributed by atoms with Gasteiger partial charge in [0.05, 0.1) is 6.61 Å². The number of rotatable bonds is 8. The molecule has 0 heterocycles. The fourth-order valence-electron chi connectivity index (χ4n) is 3.90. The number of anilines is 1. The quantitative estimate of drug-likeness (QED) is 0.674. The number of amides is 1. The Hall–Kier alpha value is -1.55. The normalized spacial score (nSPS) is 22.9. The summed E-state index contributed by atoms with van der Waals surface area (Å²) >= 11 is 0. The summed E-state index contributed by atoms with van der Waals surface area (Å²) in [7, 11) is 0. The Bertz CT molecular complexity index is 590. The SMILES string of the molecule is CCCOc1c(C)cc(NC(=O)[C@@]2(OCCC)CCC[C@H](C)C2)cc1C. The predicted molar refractivity (Wildman–Crippen MR) is 107 cm³/mol. The van der Waals surface area contributed by atoms with Gasteiger partial charge in [0, 0.05) is 12.3 Å². The molecule has 4 heteroatoms. The molecule has 1 amide bonds. The van der Waals surface area contributed by atoms with Gasteiger partial charge in [-0.05, 0) is 75.1 Å². The Labute approximate surface area is 158 Å². The van der Waals surface area contributed by atoms with Crippen LogP contribution in [0.25, 0.3) is 0 Å². The lowest BCUT2D eigenvalue weighted by atomic mass is 9.78. The molecule has 0 aliphatic heterocycles. The minimum absolute atomic E-state index is 0.00136. The number of nitrogens with one attached hydrogen (secondary N) is 1. The van der Waals surface area contributed by atoms with Crippen molar-refractivity contribution in [1.29, 1.82) is 0 Å². The summed E-state index contributed by atoms with van der Waals surface area (Å²) in [5, 5.41) is 3.13. The molecule has 1 fully saturated rings. The van der Waals surface area contributed by atoms with Gasteiger partial charge in [0.1, 0.15) is 11.4 Å². The van der Waals surface area contributed by atoms with Crippen molar-refractivity contribution in [2.24, 2.45) is 5.92 Å². The first-order valence-electron chi connectivity index (χ1n) is 10.1. The molecule has 0 unspecified atom stereocenters. The van der Waals surface area contributed by atoms with Gasteiger partial charge in [-0.2, -0.15) is 0 Å². The Morgan fingerprint density at radius 2 is 1.85 bits per heavy atom. The Kier molecular flexibility index (Phi) is 7.51. The topological polar surface area (TPSA) is 47.6 Å². The van der Waals surface area contributed by atoms with Crippen LogP contribution in [0, 0.1) is 19.8 Å². The summed E-state index contributed by atoms with van der Waals surface area (Å²) in [6.45, 7) is 11.8. The Morgan fingerprint density at radius 1 is 1.19 bits per heavy atom. The average Bonchev–Trinajstić information content (AvgIpc) is 2.59. The van der Waals surface area contributed by atoms with Crippen LogP contribution in [0.3, 0.4) is 0 Å². The molecule has 0 spiro atoms. The zero-order valence-electron chi connectivity index (χ0n) is 17.1. The molecule has 1 aliphatic carbocycles. The van der Waals surface area contributed by atoms with Crippen LogP contribution in [0.15, 0.2) is 12.1 Å². The van der Waals surface area contributed by atoms with Crippen molar-refractivity contribution in [1.82, 2.24) is 0 Å². The van der Waals surface area contributed by atoms with E-state index in [2.05, 4.69) is 26.1 Å². The maximum absolute atomic E-state index is 13.2. The van der Waals surface area contributed by atoms with E-state index in [1.807, 2.05) is 26.0 Å². The van der Waals surface area contributed by atoms with E-state index in [0.29, 0.717) is 19.1 Å². The fraction of sp³-hybridized carbons (Fsp3) is 0.682. The first kappa shape index (κ1) is 20.8. The number of hydrogen-bond donors (Lipinski definition) is 1. The van der Waals surface area contributed by atoms with Crippen molar-refractivity contribution in [3.63, 3.8) is 0 Å². The minimum Gasteiger partial charge on any atom is -0.493 e. The molecule has 1 aromatic rings. The highest BCUT2D eigenvalue weighted by Gasteiger charge is 2.42. The van der Waals surface area contributed by atoms with Crippen molar-refractivity contribution in [3.8, 4) is 5.75 Å². The van der Waals surface area contributed by atoms with E-state index in [0.717, 1.165) is 54.7 Å². The maximum Gasteiger partial charge on any atom is 0.256 e. The van der Waals surface area contributed by atoms with Gasteiger partial charge >= 0.3 is 0 Å². The standard InChI is InChI=1S/C22H35NO3/c1-6-11-25-20-17(4)13-19(14-18(20)5)23-21(24)22(26-12-7-2)10-8-9-16(3)15-22/h13-14,16H,6-12,15H2,1-5H3,(H,23,24)/t16-,22+/m0/s1. The lowest BCUT2D eigenvalue weighted by molar-refractivity contribution is -0.148. The second-order valence-electron chi connectivity index (χ2n) is 7.79. The summed E-state index contributed by atoms with van der Waals surface area (Å²) < 4.78 is 12.0. The number of hydrogen-bond acceptors (Lipinski definition) is 3. The highest BCUT2D eigenvalue weighted by Crippen LogP contribution is 2.37. The van der Waals surface area contributed by atoms with Gasteiger partial charge in [-0.3, -0.25) is 4.79 Å². The van der Waals surface area contributed by atoms with Crippen molar-refractivity contribution in [3.05, 3.63) is 23.3 Å². The summed E-state index contributed by atoms with van der Waals surface area (Å²) in [6.07, 6.45) is 5.72. The van der Waals surface area contributed by atoms with E-state index in [4.69, 9.17) is 9.47 Å². The van der Waals surface area contributed by atoms with Crippen molar-refractivity contribution in [2.45, 2.75) is 78.7 Å². The molecule has 0 aromatic heterocycles. The minimum atomic E-state index is -0.688. The van der Waals surface area contributed by atoms with Crippen molar-refractivity contribution >= 4 is 11.6 Å². The molecule has 2 atom stereocenters. The van der Waals surface area contributed by atoms with E-state index in [1.165, 1.54) is 6.42 Å². The van der Waals surface area contributed by atoms with E-state index < -0.39 is 5.60 Å². The van der Waals surface area contributed by atoms with Crippen LogP contribution in [-0.2, 0) is 9.53 Å². The van der Waals surface area contributed by atoms with Gasteiger partial charge in [-0.25, -0.2) is 0 Å². The predicted octanol–water partition coefficient (Wildman–Crippen LogP) is 5.41. The summed E-state index contributed by atoms with van der Waals surface area (Å²) in [4.78, 5) is 13.2. The van der Waals surface area contributed by atoms with Crippen LogP contribution >= 0.6 is 0 Å². The molecule has 26 heavy (non-hydrogen) atoms. The third-order valence-corrected chi connectivity index (χ3v) is 5.12. The molecule has 0 radical (unpaired) electrons. The molecule has 1 aromatic carbocycles. The van der Waals surface area contributed by atoms with E-state index in [1.54, 1.807) is 0 Å². The zero-order chi connectivity index (χ0) is 19.2. The van der Waals surface area contributed by atoms with Gasteiger partial charge in [0.15, 0.2) is 0 Å². The van der Waals surface area contributed by atoms with E-state index in [9.17, 15) is 4.79 Å². The first-order chi connectivity index (χ1) is 12.4. The zero-order valence-corrected chi connectivity index (χ0v) is 17.1. The molecular formula is C22H35NO3. The van der Waals surface area contributed by atoms with Crippen LogP contribution in [0.1, 0.15) is 70.4 Å². The van der Waals surface area contributed by atoms with E-state index >= 15 is 0 Å². The van der Waals surface area contributed by atoms with Gasteiger partial charge < -0.3 is 14.8 Å². The van der Waals surface area contributed by atoms with Gasteiger partial charge in [0.2, 0.25) is 0 Å². The highest BCUT2D eigenvalue weighted by molar-refractivity contribution is 5.97. The highest BCUT2D eigenvalue weighted by atomic mass is 16.5.